The molecule has 6 aromatic rings. The Balaban J connectivity index is 0.617. The molecule has 3 aliphatic heterocycles. The standard InChI is InChI=1S/C74H87F7N8O8S/c1-82(34-14-6-9-22-66(90)84(3)42-43-86-37-29-59(30-38-86)89(70(94)95)63-21-13-11-19-61(63)52-16-7-5-8-17-52)48-60-27-28-64(98-60)69(93)85(4)36-15-35-83(2)67(91)49-96-65-46-53-18-10-12-20-62(53)71(65)31-39-87(40-32-71)41-33-72(55-23-25-58(75)26-24-55)50-88(51-97-72)68(92)54-44-56(73(76,77)78)47-57(45-54)74(79,80)81/h5,7-8,10-13,16-21,23-28,44-45,47,59,65H,6,9,14-15,22,29-43,46,48-51H2,1-4H3,(H,94,95)/t65-,72-/m0/s1. The molecule has 0 radical (unpaired) electrons. The molecule has 3 saturated heterocycles. The fourth-order valence-corrected chi connectivity index (χ4v) is 15.4. The summed E-state index contributed by atoms with van der Waals surface area (Å²) in [6.45, 7) is 6.05. The second kappa shape index (κ2) is 32.1. The van der Waals surface area contributed by atoms with Gasteiger partial charge in [0.05, 0.1) is 34.3 Å². The average Bonchev–Trinajstić information content (AvgIpc) is 1.39. The lowest BCUT2D eigenvalue weighted by atomic mass is 9.72. The van der Waals surface area contributed by atoms with Gasteiger partial charge in [-0.15, -0.1) is 11.3 Å². The molecule has 0 saturated carbocycles. The van der Waals surface area contributed by atoms with Gasteiger partial charge in [-0.25, -0.2) is 9.18 Å². The van der Waals surface area contributed by atoms with Crippen molar-refractivity contribution in [3.05, 3.63) is 182 Å². The molecule has 3 fully saturated rings. The van der Waals surface area contributed by atoms with Gasteiger partial charge in [-0.3, -0.25) is 24.1 Å². The highest BCUT2D eigenvalue weighted by atomic mass is 32.1. The molecular formula is C74H87F7N8O8S. The number of anilines is 1. The molecular weight excluding hydrogens is 1290 g/mol. The Labute approximate surface area is 572 Å². The second-order valence-electron chi connectivity index (χ2n) is 26.6. The van der Waals surface area contributed by atoms with Crippen LogP contribution in [0.3, 0.4) is 0 Å². The van der Waals surface area contributed by atoms with Crippen LogP contribution in [0.25, 0.3) is 11.1 Å². The summed E-state index contributed by atoms with van der Waals surface area (Å²) in [6.07, 6.45) is -4.28. The van der Waals surface area contributed by atoms with E-state index in [0.29, 0.717) is 119 Å². The first-order chi connectivity index (χ1) is 46.8. The maximum atomic E-state index is 14.3. The number of fused-ring (bicyclic) bond motifs is 2. The van der Waals surface area contributed by atoms with Gasteiger partial charge in [0.15, 0.2) is 0 Å². The number of amides is 5. The van der Waals surface area contributed by atoms with Gasteiger partial charge in [0.25, 0.3) is 11.8 Å². The van der Waals surface area contributed by atoms with E-state index < -0.39 is 64.6 Å². The highest BCUT2D eigenvalue weighted by Gasteiger charge is 2.50. The van der Waals surface area contributed by atoms with E-state index in [1.165, 1.54) is 40.5 Å². The predicted octanol–water partition coefficient (Wildman–Crippen LogP) is 13.0. The molecule has 4 heterocycles. The van der Waals surface area contributed by atoms with Crippen molar-refractivity contribution >= 4 is 46.7 Å². The normalized spacial score (nSPS) is 18.3. The molecule has 5 aromatic carbocycles. The first-order valence-corrected chi connectivity index (χ1v) is 34.4. The van der Waals surface area contributed by atoms with Crippen molar-refractivity contribution in [2.75, 3.05) is 118 Å². The summed E-state index contributed by atoms with van der Waals surface area (Å²) in [5.41, 5.74) is -0.322. The lowest BCUT2D eigenvalue weighted by molar-refractivity contribution is -0.143. The molecule has 5 amide bonds. The third-order valence-electron chi connectivity index (χ3n) is 20.0. The van der Waals surface area contributed by atoms with Crippen molar-refractivity contribution in [3.63, 3.8) is 0 Å². The lowest BCUT2D eigenvalue weighted by Crippen LogP contribution is -2.50. The van der Waals surface area contributed by atoms with Crippen molar-refractivity contribution in [3.8, 4) is 11.1 Å². The highest BCUT2D eigenvalue weighted by Crippen LogP contribution is 2.49. The minimum absolute atomic E-state index is 0.0279. The number of nitrogens with zero attached hydrogens (tertiary/aromatic N) is 8. The van der Waals surface area contributed by atoms with Crippen molar-refractivity contribution in [2.24, 2.45) is 0 Å². The summed E-state index contributed by atoms with van der Waals surface area (Å²) in [7, 11) is 7.39. The molecule has 1 N–H and O–H groups in total. The van der Waals surface area contributed by atoms with Gasteiger partial charge in [-0.2, -0.15) is 26.3 Å². The monoisotopic (exact) mass is 1380 g/mol. The molecule has 98 heavy (non-hydrogen) atoms. The largest absolute Gasteiger partial charge is 0.465 e. The Bertz CT molecular complexity index is 3680. The van der Waals surface area contributed by atoms with Gasteiger partial charge in [0, 0.05) is 107 Å². The van der Waals surface area contributed by atoms with Crippen LogP contribution in [0.15, 0.2) is 133 Å². The molecule has 0 bridgehead atoms. The number of hydrogen-bond acceptors (Lipinski definition) is 11. The Kier molecular flexibility index (Phi) is 23.9. The smallest absolute Gasteiger partial charge is 0.416 e. The number of thiophene rings is 1. The molecule has 10 rings (SSSR count). The Morgan fingerprint density at radius 3 is 2.01 bits per heavy atom. The number of ether oxygens (including phenoxy) is 2. The summed E-state index contributed by atoms with van der Waals surface area (Å²) in [6, 6.07) is 35.6. The Morgan fingerprint density at radius 1 is 0.673 bits per heavy atom. The number of carbonyl (C=O) groups excluding carboxylic acids is 4. The zero-order valence-corrected chi connectivity index (χ0v) is 56.8. The fourth-order valence-electron chi connectivity index (χ4n) is 14.3. The van der Waals surface area contributed by atoms with E-state index in [4.69, 9.17) is 9.47 Å². The van der Waals surface area contributed by atoms with Crippen LogP contribution in [0.5, 0.6) is 0 Å². The maximum absolute atomic E-state index is 14.3. The Morgan fingerprint density at radius 2 is 1.32 bits per heavy atom. The number of halogens is 7. The number of benzene rings is 5. The van der Waals surface area contributed by atoms with E-state index >= 15 is 0 Å². The van der Waals surface area contributed by atoms with Gasteiger partial charge in [-0.1, -0.05) is 91.3 Å². The number of alkyl halides is 6. The summed E-state index contributed by atoms with van der Waals surface area (Å²) < 4.78 is 110. The van der Waals surface area contributed by atoms with Crippen LogP contribution in [0.1, 0.15) is 117 Å². The Hall–Kier alpha value is -7.74. The molecule has 4 aliphatic rings. The zero-order valence-electron chi connectivity index (χ0n) is 56.0. The molecule has 2 atom stereocenters. The second-order valence-corrected chi connectivity index (χ2v) is 27.8. The van der Waals surface area contributed by atoms with Crippen LogP contribution in [-0.2, 0) is 55.4 Å². The van der Waals surface area contributed by atoms with Crippen LogP contribution < -0.4 is 4.90 Å². The van der Waals surface area contributed by atoms with E-state index in [0.717, 1.165) is 77.5 Å². The number of carboxylic acid groups (broad SMARTS) is 1. The van der Waals surface area contributed by atoms with Gasteiger partial charge in [0.1, 0.15) is 24.8 Å². The first kappa shape index (κ1) is 73.0. The zero-order chi connectivity index (χ0) is 69.9. The number of rotatable bonds is 27. The summed E-state index contributed by atoms with van der Waals surface area (Å²) >= 11 is 1.47. The molecule has 24 heteroatoms. The van der Waals surface area contributed by atoms with Gasteiger partial charge >= 0.3 is 18.4 Å². The minimum Gasteiger partial charge on any atom is -0.465 e. The summed E-state index contributed by atoms with van der Waals surface area (Å²) in [5, 5.41) is 10.4. The SMILES string of the molecule is CN(CCCCCC(=O)N(C)CCN1CCC(N(C(=O)O)c2ccccc2-c2ccccc2)CC1)Cc1ccc(C(=O)N(C)CCCN(C)C(=O)CO[C@H]2Cc3ccccc3C23CCN(CC[C@@]2(c4ccc(F)cc4)CN(C(=O)c4cc(C(F)(F)F)cc(C(F)(F)F)c4)CO2)CC3)s1. The minimum atomic E-state index is -5.15. The van der Waals surface area contributed by atoms with E-state index in [9.17, 15) is 59.8 Å². The third kappa shape index (κ3) is 17.8. The van der Waals surface area contributed by atoms with E-state index in [2.05, 4.69) is 33.9 Å². The molecule has 16 nitrogen and oxygen atoms in total. The van der Waals surface area contributed by atoms with E-state index in [-0.39, 0.29) is 55.5 Å². The van der Waals surface area contributed by atoms with Crippen LogP contribution in [0.4, 0.5) is 41.2 Å². The van der Waals surface area contributed by atoms with Crippen LogP contribution in [-0.4, -0.2) is 195 Å². The van der Waals surface area contributed by atoms with Crippen molar-refractivity contribution in [1.29, 1.82) is 0 Å². The molecule has 0 unspecified atom stereocenters. The number of carbonyl (C=O) groups is 5. The fraction of sp³-hybridized carbons (Fsp3) is 0.473. The predicted molar refractivity (Wildman–Crippen MR) is 361 cm³/mol. The molecule has 526 valence electrons. The molecule has 1 aliphatic carbocycles. The number of piperidine rings is 2. The molecule has 1 spiro atoms. The van der Waals surface area contributed by atoms with Gasteiger partial charge < -0.3 is 48.9 Å². The number of para-hydroxylation sites is 1. The van der Waals surface area contributed by atoms with Crippen LogP contribution in [0, 0.1) is 5.82 Å². The quantitative estimate of drug-likeness (QED) is 0.0388. The third-order valence-corrected chi connectivity index (χ3v) is 21.1. The molecule has 1 aromatic heterocycles. The number of unbranched alkanes of at least 4 members (excludes halogenated alkanes) is 2. The number of likely N-dealkylation sites (tertiary alicyclic amines) is 2. The average molecular weight is 1380 g/mol. The van der Waals surface area contributed by atoms with E-state index in [1.807, 2.05) is 85.9 Å². The van der Waals surface area contributed by atoms with Crippen molar-refractivity contribution in [1.82, 2.24) is 34.3 Å². The maximum Gasteiger partial charge on any atom is 0.416 e. The first-order valence-electron chi connectivity index (χ1n) is 33.6. The number of likely N-dealkylation sites (N-methyl/N-ethyl adjacent to an activating group) is 2. The number of hydrogen-bond donors (Lipinski definition) is 1. The summed E-state index contributed by atoms with van der Waals surface area (Å²) in [5.74, 6) is -1.77. The van der Waals surface area contributed by atoms with Crippen LogP contribution >= 0.6 is 11.3 Å². The van der Waals surface area contributed by atoms with E-state index in [1.54, 1.807) is 28.8 Å². The van der Waals surface area contributed by atoms with Gasteiger partial charge in [0.2, 0.25) is 11.8 Å². The van der Waals surface area contributed by atoms with Gasteiger partial charge in [-0.05, 0) is 155 Å². The highest BCUT2D eigenvalue weighted by molar-refractivity contribution is 7.14. The lowest BCUT2D eigenvalue weighted by Gasteiger charge is -2.44. The van der Waals surface area contributed by atoms with Crippen LogP contribution in [0.2, 0.25) is 0 Å². The topological polar surface area (TPSA) is 150 Å². The van der Waals surface area contributed by atoms with Crippen molar-refractivity contribution in [2.45, 2.75) is 113 Å². The summed E-state index contributed by atoms with van der Waals surface area (Å²) in [4.78, 5) is 83.0. The van der Waals surface area contributed by atoms with Crippen molar-refractivity contribution < 1.29 is 69.3 Å².